The predicted molar refractivity (Wildman–Crippen MR) is 103 cm³/mol. The molecule has 2 heterocycles. The lowest BCUT2D eigenvalue weighted by molar-refractivity contribution is 0.0376. The Morgan fingerprint density at radius 1 is 1.23 bits per heavy atom. The normalized spacial score (nSPS) is 11.2. The summed E-state index contributed by atoms with van der Waals surface area (Å²) >= 11 is 1.58. The highest BCUT2D eigenvalue weighted by molar-refractivity contribution is 7.18. The van der Waals surface area contributed by atoms with Gasteiger partial charge >= 0.3 is 5.97 Å². The minimum absolute atomic E-state index is 0.219. The number of carbonyl (C=O) groups is 2. The van der Waals surface area contributed by atoms with Crippen molar-refractivity contribution in [1.82, 2.24) is 9.97 Å². The van der Waals surface area contributed by atoms with Crippen LogP contribution in [-0.4, -0.2) is 27.9 Å². The van der Waals surface area contributed by atoms with Crippen LogP contribution < -0.4 is 5.32 Å². The molecule has 0 radical (unpaired) electrons. The molecule has 0 aliphatic heterocycles. The van der Waals surface area contributed by atoms with Crippen molar-refractivity contribution in [2.45, 2.75) is 40.7 Å². The van der Waals surface area contributed by atoms with E-state index in [1.54, 1.807) is 39.0 Å². The number of benzene rings is 1. The predicted octanol–water partition coefficient (Wildman–Crippen LogP) is 4.37. The average Bonchev–Trinajstić information content (AvgIpc) is 3.04. The summed E-state index contributed by atoms with van der Waals surface area (Å²) in [4.78, 5) is 32.4. The van der Waals surface area contributed by atoms with Crippen molar-refractivity contribution in [3.8, 4) is 0 Å². The van der Waals surface area contributed by atoms with Gasteiger partial charge in [-0.25, -0.2) is 9.78 Å². The number of ether oxygens (including phenoxy) is 1. The van der Waals surface area contributed by atoms with Crippen molar-refractivity contribution >= 4 is 39.1 Å². The van der Waals surface area contributed by atoms with Crippen LogP contribution in [0.15, 0.2) is 18.2 Å². The molecule has 0 fully saturated rings. The van der Waals surface area contributed by atoms with Gasteiger partial charge in [0.05, 0.1) is 26.9 Å². The third kappa shape index (κ3) is 3.48. The number of hydrogen-bond donors (Lipinski definition) is 2. The largest absolute Gasteiger partial charge is 0.459 e. The maximum Gasteiger partial charge on any atom is 0.340 e. The molecule has 0 aliphatic carbocycles. The zero-order chi connectivity index (χ0) is 19.0. The van der Waals surface area contributed by atoms with E-state index in [4.69, 9.17) is 4.74 Å². The number of hydrogen-bond acceptors (Lipinski definition) is 5. The molecule has 0 aliphatic rings. The number of aromatic nitrogens is 2. The number of fused-ring (bicyclic) bond motifs is 1. The first-order valence-electron chi connectivity index (χ1n) is 8.35. The van der Waals surface area contributed by atoms with Gasteiger partial charge in [0.2, 0.25) is 0 Å². The highest BCUT2D eigenvalue weighted by atomic mass is 32.1. The van der Waals surface area contributed by atoms with Crippen LogP contribution in [0.25, 0.3) is 10.2 Å². The summed E-state index contributed by atoms with van der Waals surface area (Å²) in [5.74, 6) is -0.721. The van der Waals surface area contributed by atoms with Crippen molar-refractivity contribution < 1.29 is 14.3 Å². The lowest BCUT2D eigenvalue weighted by Gasteiger charge is -2.08. The number of amides is 1. The number of rotatable bonds is 4. The number of H-pyrrole nitrogens is 1. The van der Waals surface area contributed by atoms with Gasteiger partial charge in [-0.3, -0.25) is 4.79 Å². The van der Waals surface area contributed by atoms with Gasteiger partial charge in [0.15, 0.2) is 0 Å². The molecule has 2 N–H and O–H groups in total. The Hall–Kier alpha value is -2.67. The van der Waals surface area contributed by atoms with Gasteiger partial charge in [-0.2, -0.15) is 0 Å². The van der Waals surface area contributed by atoms with Crippen LogP contribution in [0.2, 0.25) is 0 Å². The van der Waals surface area contributed by atoms with Crippen LogP contribution in [0, 0.1) is 20.8 Å². The highest BCUT2D eigenvalue weighted by Gasteiger charge is 2.23. The van der Waals surface area contributed by atoms with Crippen LogP contribution in [0.1, 0.15) is 51.0 Å². The standard InChI is InChI=1S/C19H21N3O3S/c1-9(2)25-19(24)16-10(3)17(20-11(16)4)18(23)22-13-6-7-14-15(8-13)26-12(5)21-14/h6-9,20H,1-5H3,(H,22,23). The zero-order valence-corrected chi connectivity index (χ0v) is 16.2. The van der Waals surface area contributed by atoms with E-state index in [0.717, 1.165) is 15.2 Å². The fraction of sp³-hybridized carbons (Fsp3) is 0.316. The molecule has 0 unspecified atom stereocenters. The molecule has 136 valence electrons. The van der Waals surface area contributed by atoms with Gasteiger partial charge in [0.1, 0.15) is 5.69 Å². The maximum absolute atomic E-state index is 12.7. The van der Waals surface area contributed by atoms with E-state index >= 15 is 0 Å². The van der Waals surface area contributed by atoms with E-state index in [2.05, 4.69) is 15.3 Å². The second-order valence-electron chi connectivity index (χ2n) is 6.45. The minimum atomic E-state index is -0.424. The Morgan fingerprint density at radius 3 is 2.65 bits per heavy atom. The monoisotopic (exact) mass is 371 g/mol. The third-order valence-corrected chi connectivity index (χ3v) is 4.90. The molecule has 7 heteroatoms. The van der Waals surface area contributed by atoms with Crippen LogP contribution in [-0.2, 0) is 4.74 Å². The van der Waals surface area contributed by atoms with Gasteiger partial charge in [-0.1, -0.05) is 0 Å². The first-order valence-corrected chi connectivity index (χ1v) is 9.16. The summed E-state index contributed by atoms with van der Waals surface area (Å²) in [7, 11) is 0. The Balaban J connectivity index is 1.86. The molecule has 6 nitrogen and oxygen atoms in total. The molecule has 0 atom stereocenters. The molecule has 3 rings (SSSR count). The number of thiazole rings is 1. The topological polar surface area (TPSA) is 84.1 Å². The summed E-state index contributed by atoms with van der Waals surface area (Å²) in [5.41, 5.74) is 3.57. The average molecular weight is 371 g/mol. The minimum Gasteiger partial charge on any atom is -0.459 e. The van der Waals surface area contributed by atoms with Gasteiger partial charge in [0.25, 0.3) is 5.91 Å². The lowest BCUT2D eigenvalue weighted by atomic mass is 10.1. The Morgan fingerprint density at radius 2 is 1.96 bits per heavy atom. The van der Waals surface area contributed by atoms with E-state index in [0.29, 0.717) is 28.2 Å². The summed E-state index contributed by atoms with van der Waals surface area (Å²) in [5, 5.41) is 3.86. The second-order valence-corrected chi connectivity index (χ2v) is 7.68. The maximum atomic E-state index is 12.7. The number of nitrogens with zero attached hydrogens (tertiary/aromatic N) is 1. The Bertz CT molecular complexity index is 1000. The molecule has 1 aromatic carbocycles. The fourth-order valence-corrected chi connectivity index (χ4v) is 3.73. The van der Waals surface area contributed by atoms with Gasteiger partial charge in [-0.05, 0) is 58.4 Å². The Kier molecular flexibility index (Phi) is 4.82. The number of nitrogens with one attached hydrogen (secondary N) is 2. The second kappa shape index (κ2) is 6.92. The Labute approximate surface area is 155 Å². The van der Waals surface area contributed by atoms with Gasteiger partial charge in [-0.15, -0.1) is 11.3 Å². The van der Waals surface area contributed by atoms with Crippen molar-refractivity contribution in [2.75, 3.05) is 5.32 Å². The van der Waals surface area contributed by atoms with Crippen LogP contribution >= 0.6 is 11.3 Å². The van der Waals surface area contributed by atoms with Gasteiger partial charge < -0.3 is 15.0 Å². The quantitative estimate of drug-likeness (QED) is 0.667. The van der Waals surface area contributed by atoms with E-state index < -0.39 is 5.97 Å². The number of anilines is 1. The van der Waals surface area contributed by atoms with Crippen LogP contribution in [0.5, 0.6) is 0 Å². The first kappa shape index (κ1) is 18.1. The van der Waals surface area contributed by atoms with E-state index in [1.807, 2.05) is 25.1 Å². The molecule has 0 saturated carbocycles. The van der Waals surface area contributed by atoms with Crippen molar-refractivity contribution in [1.29, 1.82) is 0 Å². The zero-order valence-electron chi connectivity index (χ0n) is 15.4. The number of aryl methyl sites for hydroxylation is 2. The summed E-state index contributed by atoms with van der Waals surface area (Å²) in [6, 6.07) is 5.60. The fourth-order valence-electron chi connectivity index (χ4n) is 2.87. The highest BCUT2D eigenvalue weighted by Crippen LogP contribution is 2.26. The van der Waals surface area contributed by atoms with Crippen molar-refractivity contribution in [2.24, 2.45) is 0 Å². The molecular formula is C19H21N3O3S. The molecule has 3 aromatic rings. The number of carbonyl (C=O) groups excluding carboxylic acids is 2. The van der Waals surface area contributed by atoms with Crippen molar-refractivity contribution in [3.63, 3.8) is 0 Å². The molecule has 0 saturated heterocycles. The van der Waals surface area contributed by atoms with E-state index in [-0.39, 0.29) is 12.0 Å². The number of esters is 1. The molecule has 0 spiro atoms. The smallest absolute Gasteiger partial charge is 0.340 e. The molecule has 2 aromatic heterocycles. The van der Waals surface area contributed by atoms with Gasteiger partial charge in [0, 0.05) is 11.4 Å². The van der Waals surface area contributed by atoms with Crippen molar-refractivity contribution in [3.05, 3.63) is 45.7 Å². The molecule has 1 amide bonds. The van der Waals surface area contributed by atoms with Crippen LogP contribution in [0.3, 0.4) is 0 Å². The summed E-state index contributed by atoms with van der Waals surface area (Å²) in [6.07, 6.45) is -0.219. The lowest BCUT2D eigenvalue weighted by Crippen LogP contribution is -2.15. The van der Waals surface area contributed by atoms with Crippen LogP contribution in [0.4, 0.5) is 5.69 Å². The third-order valence-electron chi connectivity index (χ3n) is 3.96. The summed E-state index contributed by atoms with van der Waals surface area (Å²) in [6.45, 7) is 9.03. The van der Waals surface area contributed by atoms with E-state index in [1.165, 1.54) is 0 Å². The molecular weight excluding hydrogens is 350 g/mol. The first-order chi connectivity index (χ1) is 12.3. The SMILES string of the molecule is Cc1nc2ccc(NC(=O)c3[nH]c(C)c(C(=O)OC(C)C)c3C)cc2s1. The molecule has 26 heavy (non-hydrogen) atoms. The summed E-state index contributed by atoms with van der Waals surface area (Å²) < 4.78 is 6.28. The number of aromatic amines is 1. The molecule has 0 bridgehead atoms. The van der Waals surface area contributed by atoms with E-state index in [9.17, 15) is 9.59 Å².